The molecule has 46 heavy (non-hydrogen) atoms. The number of rotatable bonds is 7. The smallest absolute Gasteiger partial charge is 0.326 e. The Bertz CT molecular complexity index is 1800. The molecule has 6 nitrogen and oxygen atoms in total. The minimum absolute atomic E-state index is 0.0275. The Labute approximate surface area is 281 Å². The average Bonchev–Trinajstić information content (AvgIpc) is 3.73. The second-order valence-corrected chi connectivity index (χ2v) is 14.3. The van der Waals surface area contributed by atoms with Gasteiger partial charge in [0.2, 0.25) is 11.8 Å². The molecule has 244 valence electrons. The SMILES string of the molecule is CC1(C(=O)Nc2c(F)ccc(NC(=O)c3cc(NC(=O)[C@H]4[C@H](c5ccc(F)c(C(F)(F)F)c5)C4(Cl)Cl)ccc3Cl)c2F)CC1(Cl)Cl. The Morgan fingerprint density at radius 3 is 2.11 bits per heavy atom. The predicted molar refractivity (Wildman–Crippen MR) is 162 cm³/mol. The zero-order valence-corrected chi connectivity index (χ0v) is 26.6. The first-order valence-corrected chi connectivity index (χ1v) is 14.9. The molecular formula is C29H18Cl5F6N3O3. The van der Waals surface area contributed by atoms with Crippen LogP contribution in [0.15, 0.2) is 48.5 Å². The number of halogens is 11. The molecule has 2 aliphatic rings. The molecule has 2 saturated carbocycles. The lowest BCUT2D eigenvalue weighted by molar-refractivity contribution is -0.140. The zero-order chi connectivity index (χ0) is 34.1. The monoisotopic (exact) mass is 745 g/mol. The van der Waals surface area contributed by atoms with Crippen LogP contribution in [-0.4, -0.2) is 26.4 Å². The van der Waals surface area contributed by atoms with E-state index in [0.717, 1.165) is 24.3 Å². The van der Waals surface area contributed by atoms with E-state index >= 15 is 4.39 Å². The molecule has 5 rings (SSSR count). The Kier molecular flexibility index (Phi) is 8.73. The van der Waals surface area contributed by atoms with Gasteiger partial charge < -0.3 is 16.0 Å². The lowest BCUT2D eigenvalue weighted by Gasteiger charge is -2.16. The van der Waals surface area contributed by atoms with Gasteiger partial charge in [-0.15, -0.1) is 46.4 Å². The van der Waals surface area contributed by atoms with Crippen LogP contribution >= 0.6 is 58.0 Å². The van der Waals surface area contributed by atoms with E-state index in [4.69, 9.17) is 58.0 Å². The molecule has 1 unspecified atom stereocenters. The maximum Gasteiger partial charge on any atom is 0.419 e. The molecule has 3 amide bonds. The Morgan fingerprint density at radius 2 is 1.50 bits per heavy atom. The molecule has 3 N–H and O–H groups in total. The van der Waals surface area contributed by atoms with Gasteiger partial charge in [0, 0.05) is 11.6 Å². The first-order valence-electron chi connectivity index (χ1n) is 13.0. The summed E-state index contributed by atoms with van der Waals surface area (Å²) in [4.78, 5) is 38.7. The zero-order valence-electron chi connectivity index (χ0n) is 22.9. The van der Waals surface area contributed by atoms with E-state index in [1.54, 1.807) is 0 Å². The van der Waals surface area contributed by atoms with Crippen LogP contribution in [0.5, 0.6) is 0 Å². The number of anilines is 3. The lowest BCUT2D eigenvalue weighted by atomic mass is 10.0. The highest BCUT2D eigenvalue weighted by molar-refractivity contribution is 6.54. The number of hydrogen-bond donors (Lipinski definition) is 3. The molecule has 2 aliphatic carbocycles. The Hall–Kier alpha value is -2.90. The topological polar surface area (TPSA) is 87.3 Å². The maximum absolute atomic E-state index is 15.2. The Balaban J connectivity index is 1.32. The van der Waals surface area contributed by atoms with Gasteiger partial charge in [-0.25, -0.2) is 13.2 Å². The van der Waals surface area contributed by atoms with Crippen LogP contribution in [-0.2, 0) is 15.8 Å². The summed E-state index contributed by atoms with van der Waals surface area (Å²) in [6.07, 6.45) is -4.96. The Morgan fingerprint density at radius 1 is 0.870 bits per heavy atom. The van der Waals surface area contributed by atoms with Crippen molar-refractivity contribution in [2.75, 3.05) is 16.0 Å². The van der Waals surface area contributed by atoms with Gasteiger partial charge in [-0.05, 0) is 61.4 Å². The van der Waals surface area contributed by atoms with Crippen molar-refractivity contribution in [1.29, 1.82) is 0 Å². The standard InChI is InChI=1S/C29H18Cl5F6N3O3/c1-26(10-27(26,31)32)25(46)43-22-17(36)6-7-18(21(22)37)42-23(44)13-9-12(3-4-15(13)30)41-24(45)20-19(28(20,33)34)11-2-5-16(35)14(8-11)29(38,39)40/h2-9,19-20H,10H2,1H3,(H,41,45)(H,42,44)(H,43,46)/t19-,20+,26?/m0/s1. The summed E-state index contributed by atoms with van der Waals surface area (Å²) in [5.74, 6) is -9.06. The minimum atomic E-state index is -5.00. The van der Waals surface area contributed by atoms with Crippen molar-refractivity contribution < 1.29 is 40.7 Å². The van der Waals surface area contributed by atoms with Crippen molar-refractivity contribution in [3.63, 3.8) is 0 Å². The number of carbonyl (C=O) groups is 3. The van der Waals surface area contributed by atoms with Gasteiger partial charge in [0.15, 0.2) is 5.82 Å². The molecular weight excluding hydrogens is 730 g/mol. The van der Waals surface area contributed by atoms with Gasteiger partial charge in [-0.1, -0.05) is 17.7 Å². The quantitative estimate of drug-likeness (QED) is 0.167. The van der Waals surface area contributed by atoms with Crippen molar-refractivity contribution >= 4 is 92.8 Å². The minimum Gasteiger partial charge on any atom is -0.326 e. The summed E-state index contributed by atoms with van der Waals surface area (Å²) in [7, 11) is 0. The van der Waals surface area contributed by atoms with Crippen LogP contribution in [0, 0.1) is 28.8 Å². The molecule has 3 atom stereocenters. The van der Waals surface area contributed by atoms with Crippen molar-refractivity contribution in [1.82, 2.24) is 0 Å². The third kappa shape index (κ3) is 6.22. The molecule has 0 aliphatic heterocycles. The molecule has 0 heterocycles. The summed E-state index contributed by atoms with van der Waals surface area (Å²) in [5.41, 5.74) is -4.68. The van der Waals surface area contributed by atoms with E-state index in [-0.39, 0.29) is 28.3 Å². The van der Waals surface area contributed by atoms with Gasteiger partial charge in [-0.2, -0.15) is 13.2 Å². The third-order valence-electron chi connectivity index (χ3n) is 7.81. The first kappa shape index (κ1) is 34.4. The van der Waals surface area contributed by atoms with Crippen LogP contribution < -0.4 is 16.0 Å². The maximum atomic E-state index is 15.2. The summed E-state index contributed by atoms with van der Waals surface area (Å²) in [5, 5.41) is 6.61. The number of nitrogens with one attached hydrogen (secondary N) is 3. The summed E-state index contributed by atoms with van der Waals surface area (Å²) < 4.78 is 79.9. The molecule has 3 aromatic rings. The second kappa shape index (κ2) is 11.7. The number of benzene rings is 3. The molecule has 0 radical (unpaired) electrons. The highest BCUT2D eigenvalue weighted by atomic mass is 35.5. The summed E-state index contributed by atoms with van der Waals surface area (Å²) in [6.45, 7) is 1.41. The predicted octanol–water partition coefficient (Wildman–Crippen LogP) is 9.08. The van der Waals surface area contributed by atoms with Gasteiger partial charge in [-0.3, -0.25) is 14.4 Å². The van der Waals surface area contributed by atoms with Gasteiger partial charge in [0.1, 0.15) is 26.0 Å². The van der Waals surface area contributed by atoms with Gasteiger partial charge >= 0.3 is 6.18 Å². The van der Waals surface area contributed by atoms with Crippen LogP contribution in [0.2, 0.25) is 5.02 Å². The van der Waals surface area contributed by atoms with Crippen molar-refractivity contribution in [2.45, 2.75) is 34.1 Å². The third-order valence-corrected chi connectivity index (χ3v) is 10.2. The number of hydrogen-bond acceptors (Lipinski definition) is 3. The van der Waals surface area contributed by atoms with Crippen molar-refractivity contribution in [3.8, 4) is 0 Å². The number of carbonyl (C=O) groups excluding carboxylic acids is 3. The normalized spacial score (nSPS) is 22.5. The van der Waals surface area contributed by atoms with Crippen molar-refractivity contribution in [2.24, 2.45) is 11.3 Å². The van der Waals surface area contributed by atoms with Gasteiger partial charge in [0.25, 0.3) is 5.91 Å². The van der Waals surface area contributed by atoms with E-state index < -0.39 is 84.2 Å². The van der Waals surface area contributed by atoms with Gasteiger partial charge in [0.05, 0.1) is 33.2 Å². The molecule has 0 bridgehead atoms. The van der Waals surface area contributed by atoms with Crippen LogP contribution in [0.3, 0.4) is 0 Å². The number of amides is 3. The summed E-state index contributed by atoms with van der Waals surface area (Å²) >= 11 is 30.6. The molecule has 2 fully saturated rings. The van der Waals surface area contributed by atoms with Crippen LogP contribution in [0.25, 0.3) is 0 Å². The molecule has 0 saturated heterocycles. The lowest BCUT2D eigenvalue weighted by Crippen LogP contribution is -2.27. The molecule has 3 aromatic carbocycles. The highest BCUT2D eigenvalue weighted by Crippen LogP contribution is 2.66. The first-order chi connectivity index (χ1) is 21.2. The fourth-order valence-electron chi connectivity index (χ4n) is 4.87. The molecule has 0 aromatic heterocycles. The van der Waals surface area contributed by atoms with E-state index in [1.807, 2.05) is 0 Å². The van der Waals surface area contributed by atoms with E-state index in [2.05, 4.69) is 16.0 Å². The highest BCUT2D eigenvalue weighted by Gasteiger charge is 2.68. The van der Waals surface area contributed by atoms with Crippen LogP contribution in [0.4, 0.5) is 43.4 Å². The second-order valence-electron chi connectivity index (χ2n) is 11.0. The van der Waals surface area contributed by atoms with E-state index in [0.29, 0.717) is 12.1 Å². The van der Waals surface area contributed by atoms with Crippen molar-refractivity contribution in [3.05, 3.63) is 87.7 Å². The average molecular weight is 748 g/mol. The molecule has 17 heteroatoms. The largest absolute Gasteiger partial charge is 0.419 e. The van der Waals surface area contributed by atoms with E-state index in [9.17, 15) is 36.3 Å². The van der Waals surface area contributed by atoms with E-state index in [1.165, 1.54) is 19.1 Å². The fourth-order valence-corrected chi connectivity index (χ4v) is 6.61. The van der Waals surface area contributed by atoms with Crippen LogP contribution in [0.1, 0.15) is 40.7 Å². The fraction of sp³-hybridized carbons (Fsp3) is 0.276. The molecule has 0 spiro atoms. The number of alkyl halides is 7. The summed E-state index contributed by atoms with van der Waals surface area (Å²) in [6, 6.07) is 7.46.